The van der Waals surface area contributed by atoms with Crippen LogP contribution in [0.1, 0.15) is 18.9 Å². The fourth-order valence-corrected chi connectivity index (χ4v) is 4.36. The Morgan fingerprint density at radius 1 is 1.18 bits per heavy atom. The minimum absolute atomic E-state index is 0.268. The molecule has 3 heteroatoms. The predicted molar refractivity (Wildman–Crippen MR) is 79.8 cm³/mol. The van der Waals surface area contributed by atoms with Gasteiger partial charge in [-0.15, -0.1) is 0 Å². The van der Waals surface area contributed by atoms with Crippen LogP contribution in [0.5, 0.6) is 0 Å². The standard InChI is InChI=1S/C14H24OSSi/c1-12-6-8-14(9-7-12)16(15)13(2)10-11-17(3,4)5/h6-9,13H,10-11H2,1-5H3/t13-,16-/m1/s1. The van der Waals surface area contributed by atoms with E-state index in [2.05, 4.69) is 33.5 Å². The molecule has 0 unspecified atom stereocenters. The largest absolute Gasteiger partial charge is 0.254 e. The number of benzene rings is 1. The number of hydrogen-bond acceptors (Lipinski definition) is 1. The van der Waals surface area contributed by atoms with Gasteiger partial charge < -0.3 is 0 Å². The van der Waals surface area contributed by atoms with Gasteiger partial charge in [0.15, 0.2) is 0 Å². The van der Waals surface area contributed by atoms with Crippen molar-refractivity contribution in [2.75, 3.05) is 0 Å². The van der Waals surface area contributed by atoms with Crippen LogP contribution in [-0.2, 0) is 10.8 Å². The Kier molecular flexibility index (Phi) is 5.14. The van der Waals surface area contributed by atoms with Crippen LogP contribution in [0.3, 0.4) is 0 Å². The quantitative estimate of drug-likeness (QED) is 0.731. The molecule has 0 saturated carbocycles. The van der Waals surface area contributed by atoms with E-state index in [1.165, 1.54) is 11.6 Å². The van der Waals surface area contributed by atoms with Crippen LogP contribution in [0, 0.1) is 6.92 Å². The highest BCUT2D eigenvalue weighted by Gasteiger charge is 2.18. The van der Waals surface area contributed by atoms with Gasteiger partial charge in [-0.3, -0.25) is 4.21 Å². The number of hydrogen-bond donors (Lipinski definition) is 0. The van der Waals surface area contributed by atoms with E-state index >= 15 is 0 Å². The fourth-order valence-electron chi connectivity index (χ4n) is 1.65. The number of aryl methyl sites for hydroxylation is 1. The monoisotopic (exact) mass is 268 g/mol. The van der Waals surface area contributed by atoms with E-state index in [0.29, 0.717) is 0 Å². The van der Waals surface area contributed by atoms with Gasteiger partial charge >= 0.3 is 0 Å². The van der Waals surface area contributed by atoms with E-state index < -0.39 is 18.9 Å². The summed E-state index contributed by atoms with van der Waals surface area (Å²) in [5, 5.41) is 0.268. The first-order valence-electron chi connectivity index (χ1n) is 6.27. The maximum absolute atomic E-state index is 12.3. The smallest absolute Gasteiger partial charge is 0.0557 e. The van der Waals surface area contributed by atoms with Crippen LogP contribution in [0.4, 0.5) is 0 Å². The molecule has 0 fully saturated rings. The molecule has 0 spiro atoms. The highest BCUT2D eigenvalue weighted by atomic mass is 32.2. The zero-order chi connectivity index (χ0) is 13.1. The molecule has 1 nitrogen and oxygen atoms in total. The summed E-state index contributed by atoms with van der Waals surface area (Å²) in [6.45, 7) is 11.3. The molecule has 0 N–H and O–H groups in total. The third kappa shape index (κ3) is 5.17. The highest BCUT2D eigenvalue weighted by molar-refractivity contribution is 7.85. The molecule has 0 aliphatic heterocycles. The zero-order valence-electron chi connectivity index (χ0n) is 11.6. The molecule has 1 aromatic carbocycles. The lowest BCUT2D eigenvalue weighted by Crippen LogP contribution is -2.22. The molecule has 0 amide bonds. The summed E-state index contributed by atoms with van der Waals surface area (Å²) in [6, 6.07) is 9.33. The van der Waals surface area contributed by atoms with E-state index in [-0.39, 0.29) is 5.25 Å². The Bertz CT molecular complexity index is 378. The Labute approximate surface area is 109 Å². The highest BCUT2D eigenvalue weighted by Crippen LogP contribution is 2.19. The molecule has 2 atom stereocenters. The van der Waals surface area contributed by atoms with Crippen LogP contribution in [0.2, 0.25) is 25.7 Å². The second kappa shape index (κ2) is 5.96. The van der Waals surface area contributed by atoms with Crippen molar-refractivity contribution in [1.29, 1.82) is 0 Å². The maximum atomic E-state index is 12.3. The molecule has 1 aromatic rings. The SMILES string of the molecule is Cc1ccc([S@](=O)[C@H](C)CC[Si](C)(C)C)cc1. The molecule has 0 heterocycles. The van der Waals surface area contributed by atoms with Gasteiger partial charge in [0, 0.05) is 18.2 Å². The van der Waals surface area contributed by atoms with Gasteiger partial charge in [0.2, 0.25) is 0 Å². The molecule has 0 radical (unpaired) electrons. The van der Waals surface area contributed by atoms with Crippen LogP contribution >= 0.6 is 0 Å². The molecule has 96 valence electrons. The van der Waals surface area contributed by atoms with Gasteiger partial charge in [0.05, 0.1) is 10.8 Å². The Balaban J connectivity index is 2.61. The van der Waals surface area contributed by atoms with Crippen LogP contribution in [0.25, 0.3) is 0 Å². The second-order valence-electron chi connectivity index (χ2n) is 6.02. The first-order chi connectivity index (χ1) is 7.79. The summed E-state index contributed by atoms with van der Waals surface area (Å²) >= 11 is 0. The molecule has 0 aliphatic rings. The summed E-state index contributed by atoms with van der Waals surface area (Å²) in [6.07, 6.45) is 1.08. The van der Waals surface area contributed by atoms with Crippen molar-refractivity contribution in [3.05, 3.63) is 29.8 Å². The third-order valence-corrected chi connectivity index (χ3v) is 6.41. The van der Waals surface area contributed by atoms with Gasteiger partial charge in [-0.05, 0) is 25.5 Å². The molecule has 0 saturated heterocycles. The predicted octanol–water partition coefficient (Wildman–Crippen LogP) is 4.22. The van der Waals surface area contributed by atoms with E-state index in [9.17, 15) is 4.21 Å². The molecular weight excluding hydrogens is 244 g/mol. The summed E-state index contributed by atoms with van der Waals surface area (Å²) in [5.41, 5.74) is 1.22. The molecule has 0 aromatic heterocycles. The zero-order valence-corrected chi connectivity index (χ0v) is 13.4. The van der Waals surface area contributed by atoms with Crippen molar-refractivity contribution < 1.29 is 4.21 Å². The minimum atomic E-state index is -1.01. The van der Waals surface area contributed by atoms with E-state index in [1.807, 2.05) is 24.3 Å². The first kappa shape index (κ1) is 14.6. The lowest BCUT2D eigenvalue weighted by Gasteiger charge is -2.18. The Morgan fingerprint density at radius 3 is 2.18 bits per heavy atom. The van der Waals surface area contributed by atoms with Crippen molar-refractivity contribution in [3.8, 4) is 0 Å². The maximum Gasteiger partial charge on any atom is 0.0557 e. The summed E-state index contributed by atoms with van der Waals surface area (Å²) < 4.78 is 12.3. The summed E-state index contributed by atoms with van der Waals surface area (Å²) in [5.74, 6) is 0. The third-order valence-electron chi connectivity index (χ3n) is 2.92. The van der Waals surface area contributed by atoms with Gasteiger partial charge in [-0.1, -0.05) is 50.3 Å². The summed E-state index contributed by atoms with van der Waals surface area (Å²) in [4.78, 5) is 0.971. The average Bonchev–Trinajstić information content (AvgIpc) is 2.25. The lowest BCUT2D eigenvalue weighted by atomic mass is 10.2. The minimum Gasteiger partial charge on any atom is -0.254 e. The van der Waals surface area contributed by atoms with Gasteiger partial charge in [-0.25, -0.2) is 0 Å². The van der Waals surface area contributed by atoms with Crippen LogP contribution in [0.15, 0.2) is 29.2 Å². The fraction of sp³-hybridized carbons (Fsp3) is 0.571. The normalized spacial score (nSPS) is 15.6. The lowest BCUT2D eigenvalue weighted by molar-refractivity contribution is 0.669. The summed E-state index contributed by atoms with van der Waals surface area (Å²) in [7, 11) is -1.86. The van der Waals surface area contributed by atoms with E-state index in [4.69, 9.17) is 0 Å². The van der Waals surface area contributed by atoms with E-state index in [1.54, 1.807) is 0 Å². The first-order valence-corrected chi connectivity index (χ1v) is 11.2. The number of rotatable bonds is 5. The van der Waals surface area contributed by atoms with Crippen molar-refractivity contribution in [2.24, 2.45) is 0 Å². The Hall–Kier alpha value is -0.413. The van der Waals surface area contributed by atoms with E-state index in [0.717, 1.165) is 11.3 Å². The van der Waals surface area contributed by atoms with Crippen molar-refractivity contribution in [3.63, 3.8) is 0 Å². The topological polar surface area (TPSA) is 17.1 Å². The molecular formula is C14H24OSSi. The molecule has 1 rings (SSSR count). The Morgan fingerprint density at radius 2 is 1.71 bits per heavy atom. The molecule has 0 bridgehead atoms. The van der Waals surface area contributed by atoms with Crippen molar-refractivity contribution in [1.82, 2.24) is 0 Å². The van der Waals surface area contributed by atoms with Crippen molar-refractivity contribution >= 4 is 18.9 Å². The van der Waals surface area contributed by atoms with Gasteiger partial charge in [0.1, 0.15) is 0 Å². The van der Waals surface area contributed by atoms with Crippen molar-refractivity contribution in [2.45, 2.75) is 56.1 Å². The second-order valence-corrected chi connectivity index (χ2v) is 13.5. The van der Waals surface area contributed by atoms with Crippen LogP contribution in [-0.4, -0.2) is 17.5 Å². The van der Waals surface area contributed by atoms with Gasteiger partial charge in [0.25, 0.3) is 0 Å². The molecule has 17 heavy (non-hydrogen) atoms. The van der Waals surface area contributed by atoms with Gasteiger partial charge in [-0.2, -0.15) is 0 Å². The molecule has 0 aliphatic carbocycles. The average molecular weight is 268 g/mol. The van der Waals surface area contributed by atoms with Crippen LogP contribution < -0.4 is 0 Å².